The number of carbonyl (C=O) groups is 4. The average Bonchev–Trinajstić information content (AvgIpc) is 3.94. The van der Waals surface area contributed by atoms with Gasteiger partial charge in [-0.25, -0.2) is 22.9 Å². The van der Waals surface area contributed by atoms with Gasteiger partial charge in [0.1, 0.15) is 49.2 Å². The maximum atomic E-state index is 15.1. The Bertz CT molecular complexity index is 2920. The third-order valence-corrected chi connectivity index (χ3v) is 12.6. The van der Waals surface area contributed by atoms with Gasteiger partial charge in [-0.1, -0.05) is 37.4 Å². The number of amides is 3. The van der Waals surface area contributed by atoms with Gasteiger partial charge in [-0.3, -0.25) is 23.7 Å². The average molecular weight is 1080 g/mol. The van der Waals surface area contributed by atoms with Crippen LogP contribution in [0.3, 0.4) is 0 Å². The van der Waals surface area contributed by atoms with Crippen LogP contribution in [0.1, 0.15) is 74.1 Å². The number of fused-ring (bicyclic) bond motifs is 2. The molecule has 1 atom stereocenters. The van der Waals surface area contributed by atoms with E-state index in [0.29, 0.717) is 31.9 Å². The molecule has 1 unspecified atom stereocenters. The van der Waals surface area contributed by atoms with Gasteiger partial charge in [-0.05, 0) is 86.7 Å². The molecule has 1 aliphatic rings. The maximum Gasteiger partial charge on any atom is 0.435 e. The van der Waals surface area contributed by atoms with Gasteiger partial charge < -0.3 is 20.4 Å². The zero-order valence-electron chi connectivity index (χ0n) is 38.7. The SMILES string of the molecule is CC.CSN(C(=O)N(CC(=O)O)CC(=O)O)c1nn(CC(F)(F)F)c2c(-c3ccc(C#CC(C)(C)SC)nc3C(Cc3cc(F)cc(F)c3)NC(=O)Cn3nc(C(F)(F)F)c4c3C(F)(F)CC4)ccc(Cl)c12. The van der Waals surface area contributed by atoms with Crippen molar-refractivity contribution in [3.63, 3.8) is 0 Å². The van der Waals surface area contributed by atoms with Crippen molar-refractivity contribution in [2.75, 3.05) is 29.9 Å². The molecule has 0 spiro atoms. The number of hydrogen-bond donors (Lipinski definition) is 3. The van der Waals surface area contributed by atoms with Crippen LogP contribution in [-0.2, 0) is 52.4 Å². The molecule has 3 aromatic heterocycles. The van der Waals surface area contributed by atoms with Gasteiger partial charge in [0.25, 0.3) is 5.92 Å². The van der Waals surface area contributed by atoms with Crippen LogP contribution in [0.4, 0.5) is 54.5 Å². The summed E-state index contributed by atoms with van der Waals surface area (Å²) in [5.41, 5.74) is -5.01. The Kier molecular flexibility index (Phi) is 17.6. The Morgan fingerprint density at radius 3 is 2.08 bits per heavy atom. The number of alkyl halides is 8. The Morgan fingerprint density at radius 2 is 1.53 bits per heavy atom. The van der Waals surface area contributed by atoms with Crippen LogP contribution in [0, 0.1) is 23.5 Å². The van der Waals surface area contributed by atoms with Gasteiger partial charge in [-0.2, -0.15) is 45.3 Å². The summed E-state index contributed by atoms with van der Waals surface area (Å²) in [6.07, 6.45) is -9.59. The second-order valence-corrected chi connectivity index (χ2v) is 18.6. The van der Waals surface area contributed by atoms with Gasteiger partial charge in [-0.15, -0.1) is 11.8 Å². The molecule has 3 N–H and O–H groups in total. The van der Waals surface area contributed by atoms with E-state index < -0.39 is 138 Å². The highest BCUT2D eigenvalue weighted by atomic mass is 35.5. The molecule has 6 rings (SSSR count). The Hall–Kier alpha value is -6.20. The first-order chi connectivity index (χ1) is 33.5. The summed E-state index contributed by atoms with van der Waals surface area (Å²) in [5.74, 6) is -5.36. The normalized spacial score (nSPS) is 13.6. The van der Waals surface area contributed by atoms with Crippen molar-refractivity contribution in [1.82, 2.24) is 34.8 Å². The molecule has 0 fully saturated rings. The van der Waals surface area contributed by atoms with Gasteiger partial charge in [0.15, 0.2) is 11.5 Å². The summed E-state index contributed by atoms with van der Waals surface area (Å²) >= 11 is 8.52. The van der Waals surface area contributed by atoms with E-state index in [9.17, 15) is 64.5 Å². The molecule has 14 nitrogen and oxygen atoms in total. The molecule has 27 heteroatoms. The van der Waals surface area contributed by atoms with Crippen LogP contribution in [0.25, 0.3) is 22.0 Å². The minimum Gasteiger partial charge on any atom is -0.480 e. The molecule has 0 aliphatic heterocycles. The lowest BCUT2D eigenvalue weighted by molar-refractivity contribution is -0.143. The second-order valence-electron chi connectivity index (χ2n) is 16.0. The highest BCUT2D eigenvalue weighted by Crippen LogP contribution is 2.47. The molecule has 388 valence electrons. The third-order valence-electron chi connectivity index (χ3n) is 10.5. The molecule has 3 heterocycles. The molecule has 3 amide bonds. The summed E-state index contributed by atoms with van der Waals surface area (Å²) < 4.78 is 146. The number of nitrogens with zero attached hydrogens (tertiary/aromatic N) is 7. The first kappa shape index (κ1) is 56.7. The number of nitrogens with one attached hydrogen (secondary N) is 1. The number of benzene rings is 2. The Labute approximate surface area is 417 Å². The summed E-state index contributed by atoms with van der Waals surface area (Å²) in [6, 6.07) is 4.23. The summed E-state index contributed by atoms with van der Waals surface area (Å²) in [4.78, 5) is 56.3. The predicted octanol–water partition coefficient (Wildman–Crippen LogP) is 10.1. The van der Waals surface area contributed by atoms with Crippen molar-refractivity contribution in [1.29, 1.82) is 0 Å². The van der Waals surface area contributed by atoms with Crippen molar-refractivity contribution in [3.05, 3.63) is 93.0 Å². The second kappa shape index (κ2) is 22.3. The quantitative estimate of drug-likeness (QED) is 0.0517. The van der Waals surface area contributed by atoms with Gasteiger partial charge in [0, 0.05) is 35.4 Å². The van der Waals surface area contributed by atoms with Crippen LogP contribution in [0.15, 0.2) is 42.5 Å². The number of hydrogen-bond acceptors (Lipinski definition) is 9. The molecule has 72 heavy (non-hydrogen) atoms. The van der Waals surface area contributed by atoms with Gasteiger partial charge in [0.05, 0.1) is 32.4 Å². The van der Waals surface area contributed by atoms with E-state index in [1.54, 1.807) is 20.1 Å². The molecular weight excluding hydrogens is 1040 g/mol. The number of halogens is 11. The summed E-state index contributed by atoms with van der Waals surface area (Å²) in [6.45, 7) is 2.05. The van der Waals surface area contributed by atoms with Crippen LogP contribution >= 0.6 is 35.3 Å². The maximum absolute atomic E-state index is 15.1. The highest BCUT2D eigenvalue weighted by molar-refractivity contribution is 8.00. The van der Waals surface area contributed by atoms with Crippen LogP contribution < -0.4 is 9.62 Å². The number of carbonyl (C=O) groups excluding carboxylic acids is 2. The minimum absolute atomic E-state index is 0.0456. The van der Waals surface area contributed by atoms with Gasteiger partial charge in [0.2, 0.25) is 5.91 Å². The number of aromatic nitrogens is 5. The van der Waals surface area contributed by atoms with Crippen LogP contribution in [0.5, 0.6) is 0 Å². The first-order valence-electron chi connectivity index (χ1n) is 21.2. The van der Waals surface area contributed by atoms with E-state index in [1.165, 1.54) is 42.3 Å². The van der Waals surface area contributed by atoms with Crippen molar-refractivity contribution < 1.29 is 73.3 Å². The molecule has 0 bridgehead atoms. The molecular formula is C45H43ClF10N8O6S2. The van der Waals surface area contributed by atoms with E-state index in [2.05, 4.69) is 32.3 Å². The topological polar surface area (TPSA) is 176 Å². The highest BCUT2D eigenvalue weighted by Gasteiger charge is 2.50. The number of pyridine rings is 1. The Balaban J connectivity index is 0.00000475. The number of rotatable bonds is 15. The van der Waals surface area contributed by atoms with E-state index in [1.807, 2.05) is 13.8 Å². The largest absolute Gasteiger partial charge is 0.480 e. The molecule has 5 aromatic rings. The van der Waals surface area contributed by atoms with E-state index >= 15 is 8.78 Å². The Morgan fingerprint density at radius 1 is 0.917 bits per heavy atom. The van der Waals surface area contributed by atoms with E-state index in [-0.39, 0.29) is 43.2 Å². The molecule has 1 aliphatic carbocycles. The van der Waals surface area contributed by atoms with Crippen molar-refractivity contribution in [2.24, 2.45) is 0 Å². The summed E-state index contributed by atoms with van der Waals surface area (Å²) in [5, 5.41) is 28.1. The van der Waals surface area contributed by atoms with Crippen molar-refractivity contribution in [3.8, 4) is 23.0 Å². The number of carboxylic acids is 2. The third kappa shape index (κ3) is 13.3. The number of aliphatic carboxylic acids is 2. The molecule has 0 radical (unpaired) electrons. The number of carboxylic acid groups (broad SMARTS) is 2. The predicted molar refractivity (Wildman–Crippen MR) is 248 cm³/mol. The van der Waals surface area contributed by atoms with Crippen molar-refractivity contribution >= 4 is 75.9 Å². The van der Waals surface area contributed by atoms with E-state index in [0.717, 1.165) is 12.1 Å². The minimum atomic E-state index is -5.19. The zero-order chi connectivity index (χ0) is 53.8. The lowest BCUT2D eigenvalue weighted by Crippen LogP contribution is -2.45. The molecule has 2 aromatic carbocycles. The zero-order valence-corrected chi connectivity index (χ0v) is 41.1. The van der Waals surface area contributed by atoms with Crippen LogP contribution in [-0.4, -0.2) is 100 Å². The molecule has 0 saturated carbocycles. The number of anilines is 1. The lowest BCUT2D eigenvalue weighted by atomic mass is 9.93. The first-order valence-corrected chi connectivity index (χ1v) is 24.0. The number of urea groups is 1. The number of thioether (sulfide) groups is 1. The van der Waals surface area contributed by atoms with Crippen LogP contribution in [0.2, 0.25) is 5.02 Å². The fourth-order valence-electron chi connectivity index (χ4n) is 7.55. The monoisotopic (exact) mass is 1080 g/mol. The van der Waals surface area contributed by atoms with Gasteiger partial charge >= 0.3 is 30.3 Å². The van der Waals surface area contributed by atoms with Crippen molar-refractivity contribution in [2.45, 2.75) is 89.1 Å². The summed E-state index contributed by atoms with van der Waals surface area (Å²) in [7, 11) is 0. The fraction of sp³-hybridized carbons (Fsp3) is 0.400. The van der Waals surface area contributed by atoms with E-state index in [4.69, 9.17) is 11.6 Å². The smallest absolute Gasteiger partial charge is 0.435 e. The fourth-order valence-corrected chi connectivity index (χ4v) is 8.52. The molecule has 0 saturated heterocycles. The standard InChI is InChI=1S/C43H37ClF10N8O6S2.C2H6/c1-40(2,69-3)11-9-24-5-6-25(26-7-8-28(44)33-35(26)61(20-42(49,50)51)58-38(33)62(70-4)39(68)59(18-31(64)65)19-32(66)67)34(55-24)29(15-21-13-22(45)16-23(46)14-21)56-30(63)17-60-37-27(10-12-41(37,47)48)36(57-60)43(52,53)54;1-2/h5-8,13-14,16,29H,10,12,15,17-20H2,1-4H3,(H,56,63)(H,64,65)(H,66,67);1-2H3. The lowest BCUT2D eigenvalue weighted by Gasteiger charge is -2.25.